The zero-order valence-electron chi connectivity index (χ0n) is 18.6. The van der Waals surface area contributed by atoms with Crippen LogP contribution in [0.25, 0.3) is 0 Å². The number of phenolic OH excluding ortho intramolecular Hbond substituents is 1. The van der Waals surface area contributed by atoms with Crippen molar-refractivity contribution in [1.82, 2.24) is 9.80 Å². The maximum absolute atomic E-state index is 12.7. The van der Waals surface area contributed by atoms with Gasteiger partial charge in [-0.15, -0.1) is 0 Å². The zero-order valence-corrected chi connectivity index (χ0v) is 18.6. The first kappa shape index (κ1) is 22.2. The second-order valence-corrected chi connectivity index (χ2v) is 8.10. The van der Waals surface area contributed by atoms with Crippen LogP contribution >= 0.6 is 0 Å². The van der Waals surface area contributed by atoms with Gasteiger partial charge in [0.2, 0.25) is 0 Å². The molecule has 1 saturated heterocycles. The van der Waals surface area contributed by atoms with Crippen molar-refractivity contribution in [3.63, 3.8) is 0 Å². The highest BCUT2D eigenvalue weighted by Gasteiger charge is 2.20. The summed E-state index contributed by atoms with van der Waals surface area (Å²) in [4.78, 5) is 19.3. The van der Waals surface area contributed by atoms with Gasteiger partial charge in [-0.05, 0) is 89.5 Å². The van der Waals surface area contributed by atoms with Gasteiger partial charge in [0.25, 0.3) is 5.91 Å². The number of rotatable bonds is 9. The van der Waals surface area contributed by atoms with Crippen LogP contribution in [0.2, 0.25) is 0 Å². The average molecular weight is 410 g/mol. The molecule has 3 rings (SSSR count). The van der Waals surface area contributed by atoms with Crippen LogP contribution in [0, 0.1) is 0 Å². The van der Waals surface area contributed by atoms with Gasteiger partial charge < -0.3 is 19.8 Å². The number of carbonyl (C=O) groups excluding carboxylic acids is 1. The van der Waals surface area contributed by atoms with Crippen LogP contribution in [-0.4, -0.2) is 59.6 Å². The molecule has 1 unspecified atom stereocenters. The van der Waals surface area contributed by atoms with E-state index in [4.69, 9.17) is 0 Å². The zero-order chi connectivity index (χ0) is 21.5. The molecule has 2 aromatic carbocycles. The summed E-state index contributed by atoms with van der Waals surface area (Å²) in [5, 5.41) is 10.0. The number of aromatic hydroxyl groups is 1. The third-order valence-corrected chi connectivity index (χ3v) is 6.05. The molecule has 0 saturated carbocycles. The van der Waals surface area contributed by atoms with Crippen molar-refractivity contribution in [2.75, 3.05) is 37.6 Å². The predicted molar refractivity (Wildman–Crippen MR) is 124 cm³/mol. The van der Waals surface area contributed by atoms with Crippen LogP contribution in [-0.2, 0) is 0 Å². The molecule has 1 amide bonds. The van der Waals surface area contributed by atoms with Crippen molar-refractivity contribution in [2.45, 2.75) is 46.1 Å². The summed E-state index contributed by atoms with van der Waals surface area (Å²) in [6.07, 6.45) is 3.63. The van der Waals surface area contributed by atoms with Crippen LogP contribution < -0.4 is 4.90 Å². The van der Waals surface area contributed by atoms with Crippen molar-refractivity contribution < 1.29 is 9.90 Å². The molecule has 1 atom stereocenters. The molecule has 0 radical (unpaired) electrons. The average Bonchev–Trinajstić information content (AvgIpc) is 3.27. The minimum absolute atomic E-state index is 0.0672. The van der Waals surface area contributed by atoms with Crippen LogP contribution in [0.4, 0.5) is 11.4 Å². The molecule has 1 N–H and O–H groups in total. The van der Waals surface area contributed by atoms with Gasteiger partial charge in [-0.3, -0.25) is 4.79 Å². The molecular weight excluding hydrogens is 374 g/mol. The van der Waals surface area contributed by atoms with E-state index in [1.54, 1.807) is 12.1 Å². The molecule has 0 aliphatic carbocycles. The fourth-order valence-corrected chi connectivity index (χ4v) is 4.26. The molecule has 1 aliphatic heterocycles. The van der Waals surface area contributed by atoms with Gasteiger partial charge >= 0.3 is 0 Å². The number of hydrogen-bond donors (Lipinski definition) is 1. The normalized spacial score (nSPS) is 15.2. The topological polar surface area (TPSA) is 47.0 Å². The van der Waals surface area contributed by atoms with E-state index in [2.05, 4.69) is 16.7 Å². The van der Waals surface area contributed by atoms with Gasteiger partial charge in [0.05, 0.1) is 0 Å². The van der Waals surface area contributed by atoms with E-state index in [0.29, 0.717) is 18.7 Å². The number of carbonyl (C=O) groups is 1. The van der Waals surface area contributed by atoms with Crippen molar-refractivity contribution in [3.8, 4) is 5.75 Å². The Morgan fingerprint density at radius 2 is 1.70 bits per heavy atom. The van der Waals surface area contributed by atoms with Crippen molar-refractivity contribution in [1.29, 1.82) is 0 Å². The first-order valence-corrected chi connectivity index (χ1v) is 11.2. The maximum Gasteiger partial charge on any atom is 0.253 e. The Morgan fingerprint density at radius 1 is 1.03 bits per heavy atom. The Kier molecular flexibility index (Phi) is 7.75. The van der Waals surface area contributed by atoms with E-state index in [0.717, 1.165) is 24.3 Å². The molecule has 1 heterocycles. The molecule has 1 fully saturated rings. The van der Waals surface area contributed by atoms with E-state index in [1.807, 2.05) is 55.1 Å². The molecule has 5 heteroatoms. The van der Waals surface area contributed by atoms with Crippen molar-refractivity contribution in [3.05, 3.63) is 54.1 Å². The second kappa shape index (κ2) is 10.5. The summed E-state index contributed by atoms with van der Waals surface area (Å²) in [5.41, 5.74) is 2.71. The highest BCUT2D eigenvalue weighted by molar-refractivity contribution is 5.94. The van der Waals surface area contributed by atoms with E-state index in [1.165, 1.54) is 25.9 Å². The molecule has 1 aliphatic rings. The van der Waals surface area contributed by atoms with Crippen molar-refractivity contribution >= 4 is 17.3 Å². The van der Waals surface area contributed by atoms with Gasteiger partial charge in [0.1, 0.15) is 5.75 Å². The Bertz CT molecular complexity index is 811. The standard InChI is InChI=1S/C25H35N3O2/c1-4-27(5-2)25(30)21-11-13-22(14-12-21)28(23-9-8-10-24(29)19-23)20(3)15-18-26-16-6-7-17-26/h8-14,19-20,29H,4-7,15-18H2,1-3H3. The minimum atomic E-state index is 0.0672. The second-order valence-electron chi connectivity index (χ2n) is 8.10. The fourth-order valence-electron chi connectivity index (χ4n) is 4.26. The highest BCUT2D eigenvalue weighted by atomic mass is 16.3. The van der Waals surface area contributed by atoms with Gasteiger partial charge in [0.15, 0.2) is 0 Å². The first-order chi connectivity index (χ1) is 14.5. The van der Waals surface area contributed by atoms with E-state index < -0.39 is 0 Å². The Balaban J connectivity index is 1.83. The van der Waals surface area contributed by atoms with E-state index in [9.17, 15) is 9.90 Å². The number of phenols is 1. The van der Waals surface area contributed by atoms with E-state index >= 15 is 0 Å². The number of nitrogens with zero attached hydrogens (tertiary/aromatic N) is 3. The van der Waals surface area contributed by atoms with Gasteiger partial charge in [-0.1, -0.05) is 6.07 Å². The third kappa shape index (κ3) is 5.33. The highest BCUT2D eigenvalue weighted by Crippen LogP contribution is 2.31. The summed E-state index contributed by atoms with van der Waals surface area (Å²) in [5.74, 6) is 0.329. The van der Waals surface area contributed by atoms with Crippen LogP contribution in [0.5, 0.6) is 5.75 Å². The number of likely N-dealkylation sites (tertiary alicyclic amines) is 1. The van der Waals surface area contributed by atoms with E-state index in [-0.39, 0.29) is 17.7 Å². The fraction of sp³-hybridized carbons (Fsp3) is 0.480. The van der Waals surface area contributed by atoms with Crippen LogP contribution in [0.15, 0.2) is 48.5 Å². The summed E-state index contributed by atoms with van der Waals surface area (Å²) >= 11 is 0. The lowest BCUT2D eigenvalue weighted by Gasteiger charge is -2.33. The number of amides is 1. The van der Waals surface area contributed by atoms with Gasteiger partial charge in [-0.2, -0.15) is 0 Å². The molecule has 162 valence electrons. The molecule has 5 nitrogen and oxygen atoms in total. The summed E-state index contributed by atoms with van der Waals surface area (Å²) in [7, 11) is 0. The van der Waals surface area contributed by atoms with Crippen LogP contribution in [0.3, 0.4) is 0 Å². The Labute approximate surface area is 180 Å². The summed E-state index contributed by atoms with van der Waals surface area (Å²) in [6, 6.07) is 15.5. The monoisotopic (exact) mass is 409 g/mol. The van der Waals surface area contributed by atoms with Gasteiger partial charge in [0, 0.05) is 48.7 Å². The molecule has 0 spiro atoms. The molecular formula is C25H35N3O2. The lowest BCUT2D eigenvalue weighted by atomic mass is 10.1. The summed E-state index contributed by atoms with van der Waals surface area (Å²) < 4.78 is 0. The van der Waals surface area contributed by atoms with Crippen molar-refractivity contribution in [2.24, 2.45) is 0 Å². The number of anilines is 2. The first-order valence-electron chi connectivity index (χ1n) is 11.2. The molecule has 2 aromatic rings. The SMILES string of the molecule is CCN(CC)C(=O)c1ccc(N(c2cccc(O)c2)C(C)CCN2CCCC2)cc1. The largest absolute Gasteiger partial charge is 0.508 e. The smallest absolute Gasteiger partial charge is 0.253 e. The lowest BCUT2D eigenvalue weighted by Crippen LogP contribution is -2.33. The quantitative estimate of drug-likeness (QED) is 0.641. The molecule has 0 bridgehead atoms. The number of hydrogen-bond acceptors (Lipinski definition) is 4. The predicted octanol–water partition coefficient (Wildman–Crippen LogP) is 4.89. The summed E-state index contributed by atoms with van der Waals surface area (Å²) in [6.45, 7) is 11.1. The van der Waals surface area contributed by atoms with Gasteiger partial charge in [-0.25, -0.2) is 0 Å². The van der Waals surface area contributed by atoms with Crippen LogP contribution in [0.1, 0.15) is 50.4 Å². The number of benzene rings is 2. The Hall–Kier alpha value is -2.53. The molecule has 0 aromatic heterocycles. The third-order valence-electron chi connectivity index (χ3n) is 6.05. The Morgan fingerprint density at radius 3 is 2.30 bits per heavy atom. The molecule has 30 heavy (non-hydrogen) atoms. The minimum Gasteiger partial charge on any atom is -0.508 e. The maximum atomic E-state index is 12.7. The lowest BCUT2D eigenvalue weighted by molar-refractivity contribution is 0.0773.